The Morgan fingerprint density at radius 3 is 2.35 bits per heavy atom. The van der Waals surface area contributed by atoms with E-state index in [2.05, 4.69) is 14.2 Å². The van der Waals surface area contributed by atoms with E-state index in [0.29, 0.717) is 49.5 Å². The number of nitrogen functional groups attached to an aromatic ring is 1. The lowest BCUT2D eigenvalue weighted by molar-refractivity contribution is 0.440. The molecule has 0 amide bonds. The van der Waals surface area contributed by atoms with Gasteiger partial charge in [-0.3, -0.25) is 13.9 Å². The van der Waals surface area contributed by atoms with E-state index in [0.717, 1.165) is 11.1 Å². The first-order valence-electron chi connectivity index (χ1n) is 10.8. The summed E-state index contributed by atoms with van der Waals surface area (Å²) in [5, 5.41) is 0. The summed E-state index contributed by atoms with van der Waals surface area (Å²) in [6.07, 6.45) is 1.57. The second-order valence-corrected chi connectivity index (χ2v) is 8.45. The SMILES string of the molecule is CCCn1c(=O)c2[nH]c(Cc3ccc(OS(=O)[O-])cc3)nc2n(CCc2ccc(N)cc2)c1=O. The Morgan fingerprint density at radius 2 is 1.71 bits per heavy atom. The van der Waals surface area contributed by atoms with E-state index >= 15 is 0 Å². The summed E-state index contributed by atoms with van der Waals surface area (Å²) >= 11 is -2.64. The van der Waals surface area contributed by atoms with Crippen LogP contribution in [0, 0.1) is 0 Å². The molecule has 0 aliphatic carbocycles. The van der Waals surface area contributed by atoms with E-state index in [1.54, 1.807) is 12.1 Å². The summed E-state index contributed by atoms with van der Waals surface area (Å²) in [5.41, 5.74) is 8.07. The third-order valence-corrected chi connectivity index (χ3v) is 5.75. The van der Waals surface area contributed by atoms with Crippen LogP contribution in [0.1, 0.15) is 30.3 Å². The summed E-state index contributed by atoms with van der Waals surface area (Å²) in [6.45, 7) is 2.57. The molecular weight excluding hydrogens is 458 g/mol. The standard InChI is InChI=1S/C23H25N5O5S/c1-2-12-28-22(29)20-21(27(23(28)30)13-11-15-3-7-17(24)8-4-15)26-19(25-20)14-16-5-9-18(10-6-16)33-34(31)32/h3-10H,2,11-14,24H2,1H3,(H,25,26)(H,31,32)/p-1. The fraction of sp³-hybridized carbons (Fsp3) is 0.261. The van der Waals surface area contributed by atoms with Gasteiger partial charge >= 0.3 is 5.69 Å². The van der Waals surface area contributed by atoms with E-state index in [-0.39, 0.29) is 17.0 Å². The van der Waals surface area contributed by atoms with Gasteiger partial charge in [-0.1, -0.05) is 31.2 Å². The Balaban J connectivity index is 1.69. The third kappa shape index (κ3) is 5.10. The highest BCUT2D eigenvalue weighted by atomic mass is 32.2. The molecule has 10 nitrogen and oxygen atoms in total. The molecule has 0 saturated carbocycles. The van der Waals surface area contributed by atoms with Crippen LogP contribution < -0.4 is 21.2 Å². The molecule has 0 aliphatic heterocycles. The topological polar surface area (TPSA) is 148 Å². The second-order valence-electron chi connectivity index (χ2n) is 7.87. The smallest absolute Gasteiger partial charge is 0.332 e. The van der Waals surface area contributed by atoms with Crippen LogP contribution in [0.25, 0.3) is 11.2 Å². The summed E-state index contributed by atoms with van der Waals surface area (Å²) in [5.74, 6) is 0.712. The number of hydrogen-bond donors (Lipinski definition) is 2. The molecule has 0 saturated heterocycles. The lowest BCUT2D eigenvalue weighted by atomic mass is 10.1. The number of aryl methyl sites for hydroxylation is 2. The highest BCUT2D eigenvalue weighted by Crippen LogP contribution is 2.16. The van der Waals surface area contributed by atoms with E-state index in [1.807, 2.05) is 31.2 Å². The van der Waals surface area contributed by atoms with Crippen molar-refractivity contribution in [3.63, 3.8) is 0 Å². The van der Waals surface area contributed by atoms with Crippen LogP contribution in [-0.2, 0) is 37.3 Å². The summed E-state index contributed by atoms with van der Waals surface area (Å²) in [4.78, 5) is 33.8. The fourth-order valence-corrected chi connectivity index (χ4v) is 4.05. The van der Waals surface area contributed by atoms with Crippen molar-refractivity contribution in [1.29, 1.82) is 0 Å². The maximum absolute atomic E-state index is 13.1. The number of hydrogen-bond acceptors (Lipinski definition) is 7. The molecular formula is C23H24N5O5S-. The predicted octanol–water partition coefficient (Wildman–Crippen LogP) is 1.88. The monoisotopic (exact) mass is 482 g/mol. The molecule has 4 aromatic rings. The molecule has 1 unspecified atom stereocenters. The minimum absolute atomic E-state index is 0.195. The third-order valence-electron chi connectivity index (χ3n) is 5.42. The molecule has 11 heteroatoms. The van der Waals surface area contributed by atoms with Gasteiger partial charge in [-0.25, -0.2) is 14.0 Å². The number of imidazole rings is 1. The minimum Gasteiger partial charge on any atom is -0.740 e. The Labute approximate surface area is 197 Å². The van der Waals surface area contributed by atoms with Gasteiger partial charge in [-0.05, 0) is 48.2 Å². The van der Waals surface area contributed by atoms with Gasteiger partial charge < -0.3 is 19.5 Å². The number of nitrogens with one attached hydrogen (secondary N) is 1. The van der Waals surface area contributed by atoms with Gasteiger partial charge in [-0.15, -0.1) is 0 Å². The van der Waals surface area contributed by atoms with Crippen LogP contribution in [0.2, 0.25) is 0 Å². The highest BCUT2D eigenvalue weighted by molar-refractivity contribution is 7.74. The molecule has 178 valence electrons. The van der Waals surface area contributed by atoms with E-state index in [1.165, 1.54) is 21.3 Å². The van der Waals surface area contributed by atoms with Gasteiger partial charge in [0.1, 0.15) is 28.5 Å². The number of rotatable bonds is 9. The van der Waals surface area contributed by atoms with Gasteiger partial charge in [0.15, 0.2) is 5.65 Å². The number of aromatic nitrogens is 4. The second kappa shape index (κ2) is 10.1. The molecule has 4 rings (SSSR count). The van der Waals surface area contributed by atoms with Crippen LogP contribution in [0.4, 0.5) is 5.69 Å². The number of H-pyrrole nitrogens is 1. The van der Waals surface area contributed by atoms with Gasteiger partial charge in [-0.2, -0.15) is 0 Å². The van der Waals surface area contributed by atoms with Crippen LogP contribution in [0.15, 0.2) is 58.1 Å². The molecule has 0 bridgehead atoms. The van der Waals surface area contributed by atoms with Gasteiger partial charge in [0.2, 0.25) is 0 Å². The molecule has 2 aromatic carbocycles. The molecule has 34 heavy (non-hydrogen) atoms. The van der Waals surface area contributed by atoms with E-state index in [9.17, 15) is 18.4 Å². The number of nitrogens with two attached hydrogens (primary N) is 1. The molecule has 1 atom stereocenters. The number of nitrogens with zero attached hydrogens (tertiary/aromatic N) is 3. The Kier molecular flexibility index (Phi) is 6.94. The van der Waals surface area contributed by atoms with Crippen molar-refractivity contribution in [3.05, 3.63) is 86.3 Å². The lowest BCUT2D eigenvalue weighted by Crippen LogP contribution is -2.40. The Hall–Kier alpha value is -3.70. The van der Waals surface area contributed by atoms with Crippen LogP contribution >= 0.6 is 0 Å². The summed E-state index contributed by atoms with van der Waals surface area (Å²) < 4.78 is 28.7. The zero-order chi connectivity index (χ0) is 24.2. The molecule has 2 aromatic heterocycles. The Morgan fingerprint density at radius 1 is 1.03 bits per heavy atom. The average Bonchev–Trinajstić information content (AvgIpc) is 3.22. The molecule has 2 heterocycles. The molecule has 0 radical (unpaired) electrons. The average molecular weight is 483 g/mol. The largest absolute Gasteiger partial charge is 0.740 e. The fourth-order valence-electron chi connectivity index (χ4n) is 3.78. The van der Waals surface area contributed by atoms with Crippen molar-refractivity contribution in [3.8, 4) is 5.75 Å². The van der Waals surface area contributed by atoms with Crippen molar-refractivity contribution in [2.75, 3.05) is 5.73 Å². The highest BCUT2D eigenvalue weighted by Gasteiger charge is 2.17. The van der Waals surface area contributed by atoms with Crippen molar-refractivity contribution in [1.82, 2.24) is 19.1 Å². The van der Waals surface area contributed by atoms with Crippen LogP contribution in [0.5, 0.6) is 5.75 Å². The molecule has 0 fully saturated rings. The molecule has 3 N–H and O–H groups in total. The normalized spacial score (nSPS) is 12.2. The van der Waals surface area contributed by atoms with Crippen LogP contribution in [0.3, 0.4) is 0 Å². The predicted molar refractivity (Wildman–Crippen MR) is 128 cm³/mol. The summed E-state index contributed by atoms with van der Waals surface area (Å²) in [6, 6.07) is 13.9. The first-order valence-corrected chi connectivity index (χ1v) is 11.8. The maximum atomic E-state index is 13.1. The molecule has 0 aliphatic rings. The minimum atomic E-state index is -2.64. The maximum Gasteiger partial charge on any atom is 0.332 e. The van der Waals surface area contributed by atoms with Gasteiger partial charge in [0.05, 0.1) is 0 Å². The zero-order valence-electron chi connectivity index (χ0n) is 18.5. The lowest BCUT2D eigenvalue weighted by Gasteiger charge is -2.11. The van der Waals surface area contributed by atoms with Gasteiger partial charge in [0, 0.05) is 25.2 Å². The Bertz CT molecular complexity index is 1440. The number of benzene rings is 2. The zero-order valence-corrected chi connectivity index (χ0v) is 19.3. The number of aromatic amines is 1. The van der Waals surface area contributed by atoms with Crippen molar-refractivity contribution in [2.24, 2.45) is 0 Å². The van der Waals surface area contributed by atoms with Crippen molar-refractivity contribution in [2.45, 2.75) is 39.3 Å². The first kappa shape index (κ1) is 23.5. The first-order chi connectivity index (χ1) is 16.4. The van der Waals surface area contributed by atoms with E-state index in [4.69, 9.17) is 5.73 Å². The number of anilines is 1. The van der Waals surface area contributed by atoms with Crippen LogP contribution in [-0.4, -0.2) is 27.9 Å². The molecule has 0 spiro atoms. The van der Waals surface area contributed by atoms with Crippen molar-refractivity contribution >= 4 is 28.2 Å². The number of fused-ring (bicyclic) bond motifs is 1. The summed E-state index contributed by atoms with van der Waals surface area (Å²) in [7, 11) is 0. The van der Waals surface area contributed by atoms with Crippen molar-refractivity contribution < 1.29 is 12.9 Å². The van der Waals surface area contributed by atoms with E-state index < -0.39 is 16.9 Å². The quantitative estimate of drug-likeness (QED) is 0.273. The van der Waals surface area contributed by atoms with Gasteiger partial charge in [0.25, 0.3) is 5.56 Å².